The van der Waals surface area contributed by atoms with Crippen LogP contribution in [-0.2, 0) is 16.2 Å². The SMILES string of the molecule is Cc1cnn(CCC(=O)O/N=C(\N)c2cccc(N)c2C)c1. The molecule has 0 saturated heterocycles. The maximum absolute atomic E-state index is 11.7. The summed E-state index contributed by atoms with van der Waals surface area (Å²) in [5.74, 6) is -0.356. The molecule has 2 aromatic rings. The molecule has 0 atom stereocenters. The van der Waals surface area contributed by atoms with Crippen LogP contribution in [0.25, 0.3) is 0 Å². The largest absolute Gasteiger partial charge is 0.398 e. The van der Waals surface area contributed by atoms with Crippen molar-refractivity contribution in [1.29, 1.82) is 0 Å². The molecule has 0 fully saturated rings. The van der Waals surface area contributed by atoms with Crippen molar-refractivity contribution < 1.29 is 9.63 Å². The van der Waals surface area contributed by atoms with Crippen LogP contribution in [0, 0.1) is 13.8 Å². The number of nitrogen functional groups attached to an aromatic ring is 1. The predicted octanol–water partition coefficient (Wildman–Crippen LogP) is 1.34. The molecule has 7 nitrogen and oxygen atoms in total. The predicted molar refractivity (Wildman–Crippen MR) is 84.0 cm³/mol. The highest BCUT2D eigenvalue weighted by atomic mass is 16.7. The first-order valence-corrected chi connectivity index (χ1v) is 6.85. The van der Waals surface area contributed by atoms with E-state index in [1.54, 1.807) is 29.1 Å². The van der Waals surface area contributed by atoms with E-state index in [1.165, 1.54) is 0 Å². The molecule has 4 N–H and O–H groups in total. The van der Waals surface area contributed by atoms with Crippen LogP contribution in [0.5, 0.6) is 0 Å². The number of oxime groups is 1. The molecule has 0 aliphatic carbocycles. The number of carbonyl (C=O) groups excluding carboxylic acids is 1. The minimum atomic E-state index is -0.474. The fraction of sp³-hybridized carbons (Fsp3) is 0.267. The van der Waals surface area contributed by atoms with Gasteiger partial charge in [0.25, 0.3) is 0 Å². The lowest BCUT2D eigenvalue weighted by Gasteiger charge is -2.07. The lowest BCUT2D eigenvalue weighted by atomic mass is 10.1. The van der Waals surface area contributed by atoms with Crippen LogP contribution in [0.3, 0.4) is 0 Å². The second kappa shape index (κ2) is 6.75. The number of anilines is 1. The highest BCUT2D eigenvalue weighted by Crippen LogP contribution is 2.15. The topological polar surface area (TPSA) is 109 Å². The number of carbonyl (C=O) groups is 1. The average Bonchev–Trinajstić information content (AvgIpc) is 2.91. The molecular weight excluding hydrogens is 282 g/mol. The summed E-state index contributed by atoms with van der Waals surface area (Å²) in [7, 11) is 0. The maximum Gasteiger partial charge on any atom is 0.336 e. The molecule has 2 rings (SSSR count). The van der Waals surface area contributed by atoms with E-state index in [-0.39, 0.29) is 12.3 Å². The molecule has 0 amide bonds. The van der Waals surface area contributed by atoms with E-state index in [9.17, 15) is 4.79 Å². The van der Waals surface area contributed by atoms with Gasteiger partial charge in [0.15, 0.2) is 5.84 Å². The Hall–Kier alpha value is -2.83. The third kappa shape index (κ3) is 3.85. The van der Waals surface area contributed by atoms with Gasteiger partial charge < -0.3 is 16.3 Å². The fourth-order valence-electron chi connectivity index (χ4n) is 1.92. The second-order valence-corrected chi connectivity index (χ2v) is 4.99. The summed E-state index contributed by atoms with van der Waals surface area (Å²) < 4.78 is 1.67. The van der Waals surface area contributed by atoms with Gasteiger partial charge in [0.05, 0.1) is 19.2 Å². The van der Waals surface area contributed by atoms with E-state index in [0.717, 1.165) is 11.1 Å². The molecule has 0 saturated carbocycles. The van der Waals surface area contributed by atoms with Crippen molar-refractivity contribution in [1.82, 2.24) is 9.78 Å². The van der Waals surface area contributed by atoms with Crippen molar-refractivity contribution in [2.24, 2.45) is 10.9 Å². The summed E-state index contributed by atoms with van der Waals surface area (Å²) in [4.78, 5) is 16.5. The Labute approximate surface area is 128 Å². The van der Waals surface area contributed by atoms with Gasteiger partial charge in [0, 0.05) is 17.4 Å². The van der Waals surface area contributed by atoms with Crippen LogP contribution in [0.1, 0.15) is 23.1 Å². The molecule has 0 aliphatic rings. The highest BCUT2D eigenvalue weighted by Gasteiger charge is 2.08. The van der Waals surface area contributed by atoms with Crippen molar-refractivity contribution in [3.8, 4) is 0 Å². The van der Waals surface area contributed by atoms with Crippen LogP contribution in [0.4, 0.5) is 5.69 Å². The Morgan fingerprint density at radius 3 is 2.86 bits per heavy atom. The Morgan fingerprint density at radius 2 is 2.18 bits per heavy atom. The Morgan fingerprint density at radius 1 is 1.41 bits per heavy atom. The smallest absolute Gasteiger partial charge is 0.336 e. The number of aromatic nitrogens is 2. The molecule has 22 heavy (non-hydrogen) atoms. The zero-order valence-corrected chi connectivity index (χ0v) is 12.6. The molecule has 0 unspecified atom stereocenters. The van der Waals surface area contributed by atoms with Crippen molar-refractivity contribution in [2.45, 2.75) is 26.8 Å². The summed E-state index contributed by atoms with van der Waals surface area (Å²) in [6.45, 7) is 4.19. The lowest BCUT2D eigenvalue weighted by molar-refractivity contribution is -0.143. The molecule has 0 spiro atoms. The number of aryl methyl sites for hydroxylation is 2. The van der Waals surface area contributed by atoms with E-state index in [1.807, 2.05) is 20.0 Å². The van der Waals surface area contributed by atoms with Gasteiger partial charge in [-0.2, -0.15) is 5.10 Å². The molecule has 116 valence electrons. The van der Waals surface area contributed by atoms with Crippen molar-refractivity contribution in [2.75, 3.05) is 5.73 Å². The van der Waals surface area contributed by atoms with Gasteiger partial charge in [-0.1, -0.05) is 17.3 Å². The Kier molecular flexibility index (Phi) is 4.77. The van der Waals surface area contributed by atoms with Gasteiger partial charge in [-0.15, -0.1) is 0 Å². The summed E-state index contributed by atoms with van der Waals surface area (Å²) in [6, 6.07) is 5.30. The first-order valence-electron chi connectivity index (χ1n) is 6.85. The number of nitrogens with two attached hydrogens (primary N) is 2. The molecule has 1 aromatic heterocycles. The third-order valence-corrected chi connectivity index (χ3v) is 3.20. The maximum atomic E-state index is 11.7. The van der Waals surface area contributed by atoms with E-state index >= 15 is 0 Å². The molecule has 1 aromatic carbocycles. The normalized spacial score (nSPS) is 11.5. The number of nitrogens with zero attached hydrogens (tertiary/aromatic N) is 3. The van der Waals surface area contributed by atoms with Gasteiger partial charge >= 0.3 is 5.97 Å². The van der Waals surface area contributed by atoms with E-state index in [0.29, 0.717) is 17.8 Å². The number of amidine groups is 1. The minimum Gasteiger partial charge on any atom is -0.398 e. The molecule has 0 aliphatic heterocycles. The zero-order chi connectivity index (χ0) is 16.1. The zero-order valence-electron chi connectivity index (χ0n) is 12.6. The van der Waals surface area contributed by atoms with Crippen molar-refractivity contribution in [3.05, 3.63) is 47.3 Å². The first-order chi connectivity index (χ1) is 10.5. The highest BCUT2D eigenvalue weighted by molar-refractivity contribution is 5.99. The van der Waals surface area contributed by atoms with E-state index in [2.05, 4.69) is 10.3 Å². The third-order valence-electron chi connectivity index (χ3n) is 3.20. The number of rotatable bonds is 5. The summed E-state index contributed by atoms with van der Waals surface area (Å²) in [6.07, 6.45) is 3.74. The van der Waals surface area contributed by atoms with Gasteiger partial charge in [-0.3, -0.25) is 4.68 Å². The van der Waals surface area contributed by atoms with Gasteiger partial charge in [0.2, 0.25) is 0 Å². The quantitative estimate of drug-likeness (QED) is 0.285. The Bertz CT molecular complexity index is 706. The average molecular weight is 301 g/mol. The standard InChI is InChI=1S/C15H19N5O2/c1-10-8-18-20(9-10)7-6-14(21)22-19-15(17)12-4-3-5-13(16)11(12)2/h3-5,8-9H,6-7,16H2,1-2H3,(H2,17,19). The number of hydrogen-bond donors (Lipinski definition) is 2. The lowest BCUT2D eigenvalue weighted by Crippen LogP contribution is -2.17. The van der Waals surface area contributed by atoms with E-state index < -0.39 is 5.97 Å². The van der Waals surface area contributed by atoms with Crippen molar-refractivity contribution in [3.63, 3.8) is 0 Å². The Balaban J connectivity index is 1.92. The molecule has 0 radical (unpaired) electrons. The fourth-order valence-corrected chi connectivity index (χ4v) is 1.92. The molecule has 1 heterocycles. The van der Waals surface area contributed by atoms with Crippen LogP contribution >= 0.6 is 0 Å². The molecule has 0 bridgehead atoms. The second-order valence-electron chi connectivity index (χ2n) is 4.99. The first kappa shape index (κ1) is 15.6. The van der Waals surface area contributed by atoms with E-state index in [4.69, 9.17) is 16.3 Å². The van der Waals surface area contributed by atoms with Crippen LogP contribution in [-0.4, -0.2) is 21.6 Å². The summed E-state index contributed by atoms with van der Waals surface area (Å²) in [5, 5.41) is 7.76. The van der Waals surface area contributed by atoms with Gasteiger partial charge in [0.1, 0.15) is 0 Å². The minimum absolute atomic E-state index is 0.119. The van der Waals surface area contributed by atoms with Gasteiger partial charge in [-0.05, 0) is 31.0 Å². The molecule has 7 heteroatoms. The summed E-state index contributed by atoms with van der Waals surface area (Å²) in [5.41, 5.74) is 14.7. The van der Waals surface area contributed by atoms with Crippen LogP contribution < -0.4 is 11.5 Å². The monoisotopic (exact) mass is 301 g/mol. The molecular formula is C15H19N5O2. The summed E-state index contributed by atoms with van der Waals surface area (Å²) >= 11 is 0. The number of hydrogen-bond acceptors (Lipinski definition) is 5. The van der Waals surface area contributed by atoms with Gasteiger partial charge in [-0.25, -0.2) is 4.79 Å². The van der Waals surface area contributed by atoms with Crippen LogP contribution in [0.15, 0.2) is 35.7 Å². The number of benzene rings is 1. The van der Waals surface area contributed by atoms with Crippen LogP contribution in [0.2, 0.25) is 0 Å². The van der Waals surface area contributed by atoms with Crippen molar-refractivity contribution >= 4 is 17.5 Å².